The summed E-state index contributed by atoms with van der Waals surface area (Å²) in [5.41, 5.74) is 1.25. The number of hydrogen-bond donors (Lipinski definition) is 1. The average molecular weight is 259 g/mol. The first-order valence-electron chi connectivity index (χ1n) is 6.86. The molecule has 3 nitrogen and oxygen atoms in total. The molecule has 1 aliphatic rings. The molecule has 0 aliphatic carbocycles. The van der Waals surface area contributed by atoms with Crippen molar-refractivity contribution in [3.05, 3.63) is 29.8 Å². The van der Waals surface area contributed by atoms with Crippen molar-refractivity contribution in [2.45, 2.75) is 31.9 Å². The average Bonchev–Trinajstić information content (AvgIpc) is 2.94. The van der Waals surface area contributed by atoms with Crippen molar-refractivity contribution in [2.75, 3.05) is 19.8 Å². The van der Waals surface area contributed by atoms with Gasteiger partial charge < -0.3 is 14.8 Å². The lowest BCUT2D eigenvalue weighted by molar-refractivity contribution is 0.110. The van der Waals surface area contributed by atoms with Crippen molar-refractivity contribution in [2.24, 2.45) is 0 Å². The standard InChI is InChI=1S/C16H21NO2/c1-2-3-10-18-15-8-6-14(7-9-15)12-17-13-16-5-4-11-19-16/h1,6-9,16-17H,3-5,10-13H2/t16-/m0/s1. The van der Waals surface area contributed by atoms with E-state index in [0.29, 0.717) is 19.1 Å². The van der Waals surface area contributed by atoms with E-state index < -0.39 is 0 Å². The molecule has 0 saturated carbocycles. The lowest BCUT2D eigenvalue weighted by atomic mass is 10.2. The molecule has 0 radical (unpaired) electrons. The van der Waals surface area contributed by atoms with Gasteiger partial charge in [-0.25, -0.2) is 0 Å². The maximum atomic E-state index is 5.57. The van der Waals surface area contributed by atoms with Crippen LogP contribution in [0.1, 0.15) is 24.8 Å². The van der Waals surface area contributed by atoms with Gasteiger partial charge >= 0.3 is 0 Å². The molecule has 1 fully saturated rings. The van der Waals surface area contributed by atoms with Crippen LogP contribution in [0, 0.1) is 12.3 Å². The Balaban J connectivity index is 1.67. The number of benzene rings is 1. The molecule has 0 amide bonds. The summed E-state index contributed by atoms with van der Waals surface area (Å²) in [7, 11) is 0. The van der Waals surface area contributed by atoms with Crippen molar-refractivity contribution in [1.29, 1.82) is 0 Å². The van der Waals surface area contributed by atoms with Gasteiger partial charge in [-0.3, -0.25) is 0 Å². The summed E-state index contributed by atoms with van der Waals surface area (Å²) in [5.74, 6) is 3.43. The first-order chi connectivity index (χ1) is 9.38. The SMILES string of the molecule is C#CCCOc1ccc(CNC[C@@H]2CCCO2)cc1. The largest absolute Gasteiger partial charge is 0.493 e. The number of terminal acetylenes is 1. The summed E-state index contributed by atoms with van der Waals surface area (Å²) in [6, 6.07) is 8.13. The molecule has 1 atom stereocenters. The van der Waals surface area contributed by atoms with E-state index in [4.69, 9.17) is 15.9 Å². The van der Waals surface area contributed by atoms with Crippen LogP contribution in [0.4, 0.5) is 0 Å². The second-order valence-electron chi connectivity index (χ2n) is 4.71. The van der Waals surface area contributed by atoms with Gasteiger partial charge in [0.25, 0.3) is 0 Å². The normalized spacial score (nSPS) is 18.2. The number of ether oxygens (including phenoxy) is 2. The van der Waals surface area contributed by atoms with Gasteiger partial charge in [0, 0.05) is 26.1 Å². The fraction of sp³-hybridized carbons (Fsp3) is 0.500. The van der Waals surface area contributed by atoms with E-state index in [-0.39, 0.29) is 0 Å². The van der Waals surface area contributed by atoms with Gasteiger partial charge in [0.1, 0.15) is 5.75 Å². The van der Waals surface area contributed by atoms with Crippen LogP contribution in [-0.4, -0.2) is 25.9 Å². The molecular formula is C16H21NO2. The number of nitrogens with one attached hydrogen (secondary N) is 1. The molecule has 2 rings (SSSR count). The van der Waals surface area contributed by atoms with Crippen molar-refractivity contribution in [3.8, 4) is 18.1 Å². The lowest BCUT2D eigenvalue weighted by Crippen LogP contribution is -2.25. The Morgan fingerprint density at radius 3 is 2.89 bits per heavy atom. The van der Waals surface area contributed by atoms with E-state index in [1.54, 1.807) is 0 Å². The van der Waals surface area contributed by atoms with Crippen LogP contribution in [0.15, 0.2) is 24.3 Å². The summed E-state index contributed by atoms with van der Waals surface area (Å²) in [6.07, 6.45) is 8.58. The van der Waals surface area contributed by atoms with Crippen LogP contribution in [0.25, 0.3) is 0 Å². The minimum atomic E-state index is 0.395. The third kappa shape index (κ3) is 4.94. The minimum Gasteiger partial charge on any atom is -0.493 e. The quantitative estimate of drug-likeness (QED) is 0.602. The van der Waals surface area contributed by atoms with Crippen molar-refractivity contribution < 1.29 is 9.47 Å². The third-order valence-corrected chi connectivity index (χ3v) is 3.16. The molecule has 3 heteroatoms. The van der Waals surface area contributed by atoms with Gasteiger partial charge in [0.05, 0.1) is 12.7 Å². The molecule has 19 heavy (non-hydrogen) atoms. The first-order valence-corrected chi connectivity index (χ1v) is 6.86. The van der Waals surface area contributed by atoms with E-state index in [2.05, 4.69) is 23.4 Å². The van der Waals surface area contributed by atoms with Crippen LogP contribution in [-0.2, 0) is 11.3 Å². The smallest absolute Gasteiger partial charge is 0.119 e. The predicted molar refractivity (Wildman–Crippen MR) is 76.1 cm³/mol. The van der Waals surface area contributed by atoms with E-state index in [1.807, 2.05) is 12.1 Å². The molecular weight excluding hydrogens is 238 g/mol. The molecule has 1 N–H and O–H groups in total. The maximum Gasteiger partial charge on any atom is 0.119 e. The fourth-order valence-electron chi connectivity index (χ4n) is 2.11. The van der Waals surface area contributed by atoms with Gasteiger partial charge in [0.2, 0.25) is 0 Å². The Morgan fingerprint density at radius 2 is 2.21 bits per heavy atom. The first kappa shape index (κ1) is 13.9. The lowest BCUT2D eigenvalue weighted by Gasteiger charge is -2.11. The molecule has 0 spiro atoms. The highest BCUT2D eigenvalue weighted by atomic mass is 16.5. The highest BCUT2D eigenvalue weighted by Gasteiger charge is 2.14. The Morgan fingerprint density at radius 1 is 1.37 bits per heavy atom. The minimum absolute atomic E-state index is 0.395. The Bertz CT molecular complexity index is 402. The van der Waals surface area contributed by atoms with Crippen LogP contribution >= 0.6 is 0 Å². The Hall–Kier alpha value is -1.50. The number of rotatable bonds is 7. The second-order valence-corrected chi connectivity index (χ2v) is 4.71. The van der Waals surface area contributed by atoms with Crippen LogP contribution in [0.5, 0.6) is 5.75 Å². The van der Waals surface area contributed by atoms with Gasteiger partial charge in [-0.1, -0.05) is 12.1 Å². The van der Waals surface area contributed by atoms with Crippen LogP contribution in [0.3, 0.4) is 0 Å². The maximum absolute atomic E-state index is 5.57. The van der Waals surface area contributed by atoms with Crippen molar-refractivity contribution in [3.63, 3.8) is 0 Å². The fourth-order valence-corrected chi connectivity index (χ4v) is 2.11. The van der Waals surface area contributed by atoms with E-state index in [9.17, 15) is 0 Å². The van der Waals surface area contributed by atoms with E-state index in [0.717, 1.165) is 25.4 Å². The molecule has 1 aromatic carbocycles. The summed E-state index contributed by atoms with van der Waals surface area (Å²) in [5, 5.41) is 3.42. The zero-order valence-corrected chi connectivity index (χ0v) is 11.2. The highest BCUT2D eigenvalue weighted by Crippen LogP contribution is 2.13. The topological polar surface area (TPSA) is 30.5 Å². The summed E-state index contributed by atoms with van der Waals surface area (Å²) in [6.45, 7) is 3.29. The summed E-state index contributed by atoms with van der Waals surface area (Å²) < 4.78 is 11.1. The molecule has 102 valence electrons. The Kier molecular flexibility index (Phi) is 5.74. The van der Waals surface area contributed by atoms with Gasteiger partial charge in [0.15, 0.2) is 0 Å². The zero-order chi connectivity index (χ0) is 13.3. The third-order valence-electron chi connectivity index (χ3n) is 3.16. The monoisotopic (exact) mass is 259 g/mol. The molecule has 1 saturated heterocycles. The molecule has 0 unspecified atom stereocenters. The Labute approximate surface area is 115 Å². The molecule has 0 bridgehead atoms. The van der Waals surface area contributed by atoms with Crippen LogP contribution in [0.2, 0.25) is 0 Å². The van der Waals surface area contributed by atoms with Gasteiger partial charge in [-0.15, -0.1) is 12.3 Å². The van der Waals surface area contributed by atoms with E-state index in [1.165, 1.54) is 18.4 Å². The predicted octanol–water partition coefficient (Wildman–Crippen LogP) is 2.36. The van der Waals surface area contributed by atoms with E-state index >= 15 is 0 Å². The van der Waals surface area contributed by atoms with Gasteiger partial charge in [-0.05, 0) is 30.5 Å². The second kappa shape index (κ2) is 7.83. The zero-order valence-electron chi connectivity index (χ0n) is 11.2. The summed E-state index contributed by atoms with van der Waals surface area (Å²) in [4.78, 5) is 0. The summed E-state index contributed by atoms with van der Waals surface area (Å²) >= 11 is 0. The molecule has 0 aromatic heterocycles. The molecule has 1 heterocycles. The van der Waals surface area contributed by atoms with Crippen molar-refractivity contribution >= 4 is 0 Å². The highest BCUT2D eigenvalue weighted by molar-refractivity contribution is 5.27. The number of hydrogen-bond acceptors (Lipinski definition) is 3. The molecule has 1 aromatic rings. The van der Waals surface area contributed by atoms with Crippen molar-refractivity contribution in [1.82, 2.24) is 5.32 Å². The van der Waals surface area contributed by atoms with Crippen LogP contribution < -0.4 is 10.1 Å². The van der Waals surface area contributed by atoms with Gasteiger partial charge in [-0.2, -0.15) is 0 Å². The molecule has 1 aliphatic heterocycles.